The van der Waals surface area contributed by atoms with Crippen molar-refractivity contribution >= 4 is 52.4 Å². The Hall–Kier alpha value is -5.11. The summed E-state index contributed by atoms with van der Waals surface area (Å²) in [6.07, 6.45) is 0.714. The molecule has 300 valence electrons. The van der Waals surface area contributed by atoms with E-state index in [1.807, 2.05) is 29.6 Å². The molecule has 7 atom stereocenters. The lowest BCUT2D eigenvalue weighted by Gasteiger charge is -2.27. The third-order valence-electron chi connectivity index (χ3n) is 8.52. The van der Waals surface area contributed by atoms with Crippen LogP contribution in [0.3, 0.4) is 0 Å². The summed E-state index contributed by atoms with van der Waals surface area (Å²) in [7, 11) is 0. The van der Waals surface area contributed by atoms with Crippen molar-refractivity contribution in [3.63, 3.8) is 0 Å². The predicted molar refractivity (Wildman–Crippen MR) is 195 cm³/mol. The van der Waals surface area contributed by atoms with Crippen LogP contribution in [0.1, 0.15) is 64.9 Å². The molecule has 1 heterocycles. The number of aromatic nitrogens is 1. The van der Waals surface area contributed by atoms with Crippen molar-refractivity contribution in [2.45, 2.75) is 108 Å². The summed E-state index contributed by atoms with van der Waals surface area (Å²) in [6.45, 7) is 4.05. The Kier molecular flexibility index (Phi) is 18.5. The molecule has 2 aromatic rings. The number of fused-ring (bicyclic) bond motifs is 1. The standard InChI is InChI=1S/C35H54N8O11/c1-18(2)14-25(32(50)39-24(11-12-28(46)47)31(49)42-27(17-44)34(52)43-29(19(3)45)35(53)54)41-33(51)26(40-30(48)22(37)9-6-7-13-36)15-20-16-38-23-10-5-4-8-21(20)23/h4-5,8,10,16,18-19,22,24-27,29,38,44-45H,6-7,9,11-15,17,36-37H2,1-3H3,(H,39,50)(H,40,48)(H,41,51)(H,42,49)(H,43,52)(H,46,47)(H,53,54)/t19-,22+,24+,25+,26+,27+,29+/m1/s1. The van der Waals surface area contributed by atoms with Crippen LogP contribution in [0.5, 0.6) is 0 Å². The molecular weight excluding hydrogens is 708 g/mol. The quantitative estimate of drug-likeness (QED) is 0.0514. The number of para-hydroxylation sites is 1. The third-order valence-corrected chi connectivity index (χ3v) is 8.52. The summed E-state index contributed by atoms with van der Waals surface area (Å²) in [4.78, 5) is 92.8. The van der Waals surface area contributed by atoms with Gasteiger partial charge in [-0.2, -0.15) is 0 Å². The maximum Gasteiger partial charge on any atom is 0.328 e. The van der Waals surface area contributed by atoms with Gasteiger partial charge in [-0.05, 0) is 56.7 Å². The molecule has 0 aliphatic carbocycles. The van der Waals surface area contributed by atoms with Gasteiger partial charge in [0.1, 0.15) is 24.2 Å². The molecule has 19 heteroatoms. The molecule has 19 nitrogen and oxygen atoms in total. The van der Waals surface area contributed by atoms with Gasteiger partial charge in [-0.1, -0.05) is 38.5 Å². The SMILES string of the molecule is CC(C)C[C@H](NC(=O)[C@H](Cc1c[nH]c2ccccc12)NC(=O)[C@@H](N)CCCCN)C(=O)N[C@@H](CCC(=O)O)C(=O)N[C@@H](CO)C(=O)N[C@H](C(=O)O)[C@@H](C)O. The molecule has 0 saturated heterocycles. The van der Waals surface area contributed by atoms with Gasteiger partial charge >= 0.3 is 11.9 Å². The van der Waals surface area contributed by atoms with Crippen LogP contribution in [-0.2, 0) is 40.0 Å². The lowest BCUT2D eigenvalue weighted by Crippen LogP contribution is -2.60. The molecule has 0 bridgehead atoms. The monoisotopic (exact) mass is 762 g/mol. The number of carbonyl (C=O) groups excluding carboxylic acids is 5. The number of hydrogen-bond donors (Lipinski definition) is 12. The summed E-state index contributed by atoms with van der Waals surface area (Å²) in [6, 6.07) is -1.21. The first-order chi connectivity index (χ1) is 25.5. The number of nitrogens with two attached hydrogens (primary N) is 2. The Morgan fingerprint density at radius 3 is 1.93 bits per heavy atom. The number of aliphatic carboxylic acids is 2. The van der Waals surface area contributed by atoms with Gasteiger partial charge in [0.2, 0.25) is 29.5 Å². The maximum atomic E-state index is 13.9. The fraction of sp³-hybridized carbons (Fsp3) is 0.571. The largest absolute Gasteiger partial charge is 0.481 e. The van der Waals surface area contributed by atoms with Crippen LogP contribution in [0.4, 0.5) is 0 Å². The zero-order chi connectivity index (χ0) is 40.5. The van der Waals surface area contributed by atoms with Gasteiger partial charge < -0.3 is 63.5 Å². The third kappa shape index (κ3) is 14.4. The number of benzene rings is 1. The van der Waals surface area contributed by atoms with Crippen molar-refractivity contribution in [2.75, 3.05) is 13.2 Å². The average molecular weight is 763 g/mol. The number of aliphatic hydroxyl groups is 2. The molecule has 0 aliphatic rings. The van der Waals surface area contributed by atoms with Gasteiger partial charge in [0, 0.05) is 29.9 Å². The Balaban J connectivity index is 2.34. The van der Waals surface area contributed by atoms with Crippen LogP contribution >= 0.6 is 0 Å². The minimum absolute atomic E-state index is 0.0131. The van der Waals surface area contributed by atoms with Gasteiger partial charge in [-0.15, -0.1) is 0 Å². The number of carboxylic acid groups (broad SMARTS) is 2. The first-order valence-corrected chi connectivity index (χ1v) is 17.7. The van der Waals surface area contributed by atoms with E-state index in [1.165, 1.54) is 0 Å². The topological polar surface area (TPSA) is 328 Å². The Labute approximate surface area is 312 Å². The number of unbranched alkanes of at least 4 members (excludes halogenated alkanes) is 1. The molecule has 5 amide bonds. The fourth-order valence-corrected chi connectivity index (χ4v) is 5.54. The zero-order valence-corrected chi connectivity index (χ0v) is 30.7. The summed E-state index contributed by atoms with van der Waals surface area (Å²) in [5.41, 5.74) is 13.2. The van der Waals surface area contributed by atoms with Gasteiger partial charge in [0.05, 0.1) is 18.8 Å². The Morgan fingerprint density at radius 1 is 0.759 bits per heavy atom. The van der Waals surface area contributed by atoms with Crippen LogP contribution in [0, 0.1) is 5.92 Å². The molecule has 54 heavy (non-hydrogen) atoms. The van der Waals surface area contributed by atoms with E-state index in [4.69, 9.17) is 11.5 Å². The zero-order valence-electron chi connectivity index (χ0n) is 30.7. The van der Waals surface area contributed by atoms with Crippen molar-refractivity contribution in [3.8, 4) is 0 Å². The molecule has 0 fully saturated rings. The minimum atomic E-state index is -1.78. The molecular formula is C35H54N8O11. The van der Waals surface area contributed by atoms with E-state index in [0.29, 0.717) is 31.4 Å². The highest BCUT2D eigenvalue weighted by molar-refractivity contribution is 5.97. The van der Waals surface area contributed by atoms with E-state index in [1.54, 1.807) is 20.0 Å². The van der Waals surface area contributed by atoms with Crippen LogP contribution in [0.2, 0.25) is 0 Å². The van der Waals surface area contributed by atoms with Gasteiger partial charge in [0.25, 0.3) is 0 Å². The number of nitrogens with one attached hydrogen (secondary N) is 6. The number of hydrogen-bond acceptors (Lipinski definition) is 11. The molecule has 0 unspecified atom stereocenters. The fourth-order valence-electron chi connectivity index (χ4n) is 5.54. The second-order valence-corrected chi connectivity index (χ2v) is 13.5. The molecule has 0 spiro atoms. The van der Waals surface area contributed by atoms with Crippen molar-refractivity contribution in [1.82, 2.24) is 31.6 Å². The first kappa shape index (κ1) is 45.0. The van der Waals surface area contributed by atoms with E-state index >= 15 is 0 Å². The lowest BCUT2D eigenvalue weighted by atomic mass is 9.99. The van der Waals surface area contributed by atoms with Gasteiger partial charge in [-0.3, -0.25) is 28.8 Å². The summed E-state index contributed by atoms with van der Waals surface area (Å²) in [5, 5.41) is 50.8. The smallest absolute Gasteiger partial charge is 0.328 e. The summed E-state index contributed by atoms with van der Waals surface area (Å²) >= 11 is 0. The van der Waals surface area contributed by atoms with E-state index in [2.05, 4.69) is 26.3 Å². The minimum Gasteiger partial charge on any atom is -0.481 e. The number of aliphatic hydroxyl groups excluding tert-OH is 2. The van der Waals surface area contributed by atoms with Gasteiger partial charge in [-0.25, -0.2) is 4.79 Å². The maximum absolute atomic E-state index is 13.9. The molecule has 0 saturated carbocycles. The second kappa shape index (κ2) is 22.2. The average Bonchev–Trinajstić information content (AvgIpc) is 3.52. The Morgan fingerprint density at radius 2 is 1.33 bits per heavy atom. The van der Waals surface area contributed by atoms with Gasteiger partial charge in [0.15, 0.2) is 6.04 Å². The summed E-state index contributed by atoms with van der Waals surface area (Å²) < 4.78 is 0. The highest BCUT2D eigenvalue weighted by Gasteiger charge is 2.34. The number of amides is 5. The number of carbonyl (C=O) groups is 7. The number of aromatic amines is 1. The summed E-state index contributed by atoms with van der Waals surface area (Å²) in [5.74, 6) is -7.57. The number of carboxylic acids is 2. The Bertz CT molecular complexity index is 1600. The second-order valence-electron chi connectivity index (χ2n) is 13.5. The van der Waals surface area contributed by atoms with Crippen LogP contribution in [-0.4, -0.2) is 122 Å². The lowest BCUT2D eigenvalue weighted by molar-refractivity contribution is -0.145. The first-order valence-electron chi connectivity index (χ1n) is 17.7. The van der Waals surface area contributed by atoms with Crippen LogP contribution < -0.4 is 38.1 Å². The van der Waals surface area contributed by atoms with Crippen LogP contribution in [0.25, 0.3) is 10.9 Å². The van der Waals surface area contributed by atoms with Crippen LogP contribution in [0.15, 0.2) is 30.5 Å². The normalized spacial score (nSPS) is 15.2. The van der Waals surface area contributed by atoms with Crippen molar-refractivity contribution in [1.29, 1.82) is 0 Å². The molecule has 0 aliphatic heterocycles. The number of H-pyrrole nitrogens is 1. The molecule has 1 aromatic carbocycles. The molecule has 0 radical (unpaired) electrons. The van der Waals surface area contributed by atoms with E-state index in [0.717, 1.165) is 17.8 Å². The predicted octanol–water partition coefficient (Wildman–Crippen LogP) is -2.04. The highest BCUT2D eigenvalue weighted by atomic mass is 16.4. The van der Waals surface area contributed by atoms with Crippen molar-refractivity contribution < 1.29 is 54.0 Å². The molecule has 2 rings (SSSR count). The van der Waals surface area contributed by atoms with E-state index < -0.39 is 103 Å². The van der Waals surface area contributed by atoms with Crippen molar-refractivity contribution in [2.24, 2.45) is 17.4 Å². The van der Waals surface area contributed by atoms with E-state index in [9.17, 15) is 54.0 Å². The molecule has 1 aromatic heterocycles. The van der Waals surface area contributed by atoms with Crippen molar-refractivity contribution in [3.05, 3.63) is 36.0 Å². The number of rotatable bonds is 24. The molecule has 14 N–H and O–H groups in total. The highest BCUT2D eigenvalue weighted by Crippen LogP contribution is 2.20. The van der Waals surface area contributed by atoms with E-state index in [-0.39, 0.29) is 18.8 Å².